The Morgan fingerprint density at radius 3 is 2.53 bits per heavy atom. The summed E-state index contributed by atoms with van der Waals surface area (Å²) in [4.78, 5) is 71.0. The van der Waals surface area contributed by atoms with Crippen molar-refractivity contribution >= 4 is 69.4 Å². The number of carbonyl (C=O) groups is 4. The molecule has 59 heavy (non-hydrogen) atoms. The minimum atomic E-state index is -0.533. The fourth-order valence-corrected chi connectivity index (χ4v) is 7.08. The third-order valence-electron chi connectivity index (χ3n) is 10.0. The molecule has 17 heteroatoms. The molecule has 0 spiro atoms. The summed E-state index contributed by atoms with van der Waals surface area (Å²) in [6, 6.07) is 17.5. The van der Waals surface area contributed by atoms with Crippen LogP contribution in [0.2, 0.25) is 0 Å². The van der Waals surface area contributed by atoms with Crippen LogP contribution in [0, 0.1) is 0 Å². The van der Waals surface area contributed by atoms with Gasteiger partial charge in [-0.1, -0.05) is 12.2 Å². The number of carbonyl (C=O) groups excluding carboxylic acids is 4. The first-order valence-corrected chi connectivity index (χ1v) is 18.8. The molecular formula is C42H41N11O6. The molecule has 0 aliphatic carbocycles. The van der Waals surface area contributed by atoms with E-state index in [1.165, 1.54) is 17.9 Å². The molecule has 8 rings (SSSR count). The summed E-state index contributed by atoms with van der Waals surface area (Å²) in [5, 5.41) is 8.38. The Balaban J connectivity index is 0.823. The summed E-state index contributed by atoms with van der Waals surface area (Å²) in [7, 11) is 4.83. The number of H-pyrrole nitrogens is 1. The highest BCUT2D eigenvalue weighted by atomic mass is 16.5. The van der Waals surface area contributed by atoms with Crippen LogP contribution in [0.1, 0.15) is 50.7 Å². The summed E-state index contributed by atoms with van der Waals surface area (Å²) in [6.07, 6.45) is 6.06. The number of benzene rings is 3. The molecule has 0 radical (unpaired) electrons. The van der Waals surface area contributed by atoms with Crippen molar-refractivity contribution in [3.63, 3.8) is 0 Å². The third-order valence-corrected chi connectivity index (χ3v) is 10.0. The smallest absolute Gasteiger partial charge is 0.291 e. The molecule has 0 bridgehead atoms. The number of fused-ring (bicyclic) bond motifs is 3. The van der Waals surface area contributed by atoms with Crippen molar-refractivity contribution in [3.05, 3.63) is 102 Å². The second-order valence-corrected chi connectivity index (χ2v) is 14.4. The van der Waals surface area contributed by atoms with Crippen molar-refractivity contribution in [3.8, 4) is 22.9 Å². The lowest BCUT2D eigenvalue weighted by molar-refractivity contribution is -0.116. The highest BCUT2D eigenvalue weighted by Crippen LogP contribution is 2.38. The van der Waals surface area contributed by atoms with Crippen LogP contribution >= 0.6 is 0 Å². The maximum absolute atomic E-state index is 13.2. The second kappa shape index (κ2) is 15.7. The number of methoxy groups -OCH3 is 1. The Bertz CT molecular complexity index is 2690. The number of hydrogen-bond acceptors (Lipinski definition) is 10. The van der Waals surface area contributed by atoms with Crippen molar-refractivity contribution in [2.45, 2.75) is 25.3 Å². The first-order chi connectivity index (χ1) is 28.4. The first-order valence-electron chi connectivity index (χ1n) is 18.8. The quantitative estimate of drug-likeness (QED) is 0.0584. The molecule has 0 saturated carbocycles. The maximum Gasteiger partial charge on any atom is 0.291 e. The number of aromatic amines is 1. The minimum Gasteiger partial charge on any atom is -0.493 e. The van der Waals surface area contributed by atoms with Crippen molar-refractivity contribution < 1.29 is 28.7 Å². The number of aliphatic imine (C=N–C) groups is 1. The fourth-order valence-electron chi connectivity index (χ4n) is 7.08. The van der Waals surface area contributed by atoms with E-state index in [1.807, 2.05) is 24.3 Å². The monoisotopic (exact) mass is 795 g/mol. The fraction of sp³-hybridized carbons (Fsp3) is 0.214. The van der Waals surface area contributed by atoms with Crippen molar-refractivity contribution in [2.24, 2.45) is 19.1 Å². The van der Waals surface area contributed by atoms with Crippen LogP contribution in [0.5, 0.6) is 11.5 Å². The predicted molar refractivity (Wildman–Crippen MR) is 224 cm³/mol. The molecule has 2 aliphatic rings. The van der Waals surface area contributed by atoms with Gasteiger partial charge in [0.05, 0.1) is 47.7 Å². The molecule has 300 valence electrons. The largest absolute Gasteiger partial charge is 0.493 e. The molecule has 5 heterocycles. The third kappa shape index (κ3) is 7.98. The summed E-state index contributed by atoms with van der Waals surface area (Å²) < 4.78 is 14.6. The average molecular weight is 796 g/mol. The van der Waals surface area contributed by atoms with Crippen LogP contribution in [-0.4, -0.2) is 85.1 Å². The number of amides is 4. The van der Waals surface area contributed by atoms with Crippen molar-refractivity contribution in [2.75, 3.05) is 41.9 Å². The lowest BCUT2D eigenvalue weighted by Gasteiger charge is -2.20. The molecule has 2 aliphatic heterocycles. The van der Waals surface area contributed by atoms with Crippen LogP contribution in [0.3, 0.4) is 0 Å². The molecule has 3 aromatic carbocycles. The molecule has 17 nitrogen and oxygen atoms in total. The molecule has 6 aromatic rings. The highest BCUT2D eigenvalue weighted by Gasteiger charge is 2.34. The minimum absolute atomic E-state index is 0.0494. The predicted octanol–water partition coefficient (Wildman–Crippen LogP) is 5.68. The van der Waals surface area contributed by atoms with Crippen LogP contribution in [0.25, 0.3) is 22.4 Å². The molecule has 4 amide bonds. The number of nitrogens with one attached hydrogen (secondary N) is 4. The Morgan fingerprint density at radius 1 is 0.932 bits per heavy atom. The van der Waals surface area contributed by atoms with Crippen molar-refractivity contribution in [1.29, 1.82) is 0 Å². The summed E-state index contributed by atoms with van der Waals surface area (Å²) in [5.74, 6) is 0.359. The van der Waals surface area contributed by atoms with Gasteiger partial charge in [0, 0.05) is 68.7 Å². The SMILES string of the molecule is C=C1C[C@H]2C=Nc3cc(OCCCC(=O)Nc4cn(C)c(C(=O)Nc5cc(C(=O)Nc6ccc(-c7nc8ccc(N)cc8[nH]7)cc6)n(C)c5)n4)c(OC)cc3C(=O)N2C1. The van der Waals surface area contributed by atoms with E-state index in [2.05, 4.69) is 42.5 Å². The van der Waals surface area contributed by atoms with E-state index in [1.54, 1.807) is 72.4 Å². The Labute approximate surface area is 337 Å². The van der Waals surface area contributed by atoms with Gasteiger partial charge in [0.1, 0.15) is 11.5 Å². The van der Waals surface area contributed by atoms with Gasteiger partial charge in [-0.15, -0.1) is 0 Å². The topological polar surface area (TPSA) is 216 Å². The van der Waals surface area contributed by atoms with Crippen molar-refractivity contribution in [1.82, 2.24) is 29.0 Å². The van der Waals surface area contributed by atoms with Gasteiger partial charge in [-0.2, -0.15) is 0 Å². The van der Waals surface area contributed by atoms with E-state index in [9.17, 15) is 19.2 Å². The van der Waals surface area contributed by atoms with Crippen LogP contribution in [0.15, 0.2) is 90.2 Å². The number of ether oxygens (including phenoxy) is 2. The van der Waals surface area contributed by atoms with Gasteiger partial charge in [-0.25, -0.2) is 9.97 Å². The number of aromatic nitrogens is 5. The van der Waals surface area contributed by atoms with Gasteiger partial charge >= 0.3 is 0 Å². The Kier molecular flexibility index (Phi) is 10.2. The number of hydrogen-bond donors (Lipinski definition) is 5. The molecule has 0 unspecified atom stereocenters. The molecular weight excluding hydrogens is 755 g/mol. The van der Waals surface area contributed by atoms with Crippen LogP contribution in [0.4, 0.5) is 28.6 Å². The van der Waals surface area contributed by atoms with E-state index < -0.39 is 5.91 Å². The first kappa shape index (κ1) is 38.2. The number of nitrogen functional groups attached to an aromatic ring is 1. The van der Waals surface area contributed by atoms with Crippen LogP contribution < -0.4 is 31.2 Å². The highest BCUT2D eigenvalue weighted by molar-refractivity contribution is 6.07. The van der Waals surface area contributed by atoms with E-state index >= 15 is 0 Å². The van der Waals surface area contributed by atoms with Gasteiger partial charge in [0.25, 0.3) is 17.7 Å². The van der Waals surface area contributed by atoms with Gasteiger partial charge < -0.3 is 50.2 Å². The molecule has 1 atom stereocenters. The summed E-state index contributed by atoms with van der Waals surface area (Å²) >= 11 is 0. The van der Waals surface area contributed by atoms with E-state index in [0.29, 0.717) is 70.7 Å². The van der Waals surface area contributed by atoms with Gasteiger partial charge in [-0.3, -0.25) is 24.2 Å². The maximum atomic E-state index is 13.2. The number of anilines is 4. The van der Waals surface area contributed by atoms with E-state index in [-0.39, 0.29) is 48.4 Å². The van der Waals surface area contributed by atoms with Gasteiger partial charge in [-0.05, 0) is 67.4 Å². The van der Waals surface area contributed by atoms with Gasteiger partial charge in [0.2, 0.25) is 11.7 Å². The number of aryl methyl sites for hydroxylation is 2. The van der Waals surface area contributed by atoms with E-state index in [0.717, 1.165) is 22.2 Å². The Morgan fingerprint density at radius 2 is 1.73 bits per heavy atom. The lowest BCUT2D eigenvalue weighted by atomic mass is 10.1. The Hall–Kier alpha value is -7.69. The summed E-state index contributed by atoms with van der Waals surface area (Å²) in [5.41, 5.74) is 12.2. The number of imidazole rings is 2. The average Bonchev–Trinajstić information content (AvgIpc) is 3.98. The zero-order chi connectivity index (χ0) is 41.4. The lowest BCUT2D eigenvalue weighted by Crippen LogP contribution is -2.35. The number of rotatable bonds is 12. The number of nitrogens with zero attached hydrogens (tertiary/aromatic N) is 6. The molecule has 1 fully saturated rings. The zero-order valence-corrected chi connectivity index (χ0v) is 32.5. The molecule has 1 saturated heterocycles. The van der Waals surface area contributed by atoms with Crippen LogP contribution in [-0.2, 0) is 18.9 Å². The number of nitrogens with two attached hydrogens (primary N) is 1. The summed E-state index contributed by atoms with van der Waals surface area (Å²) in [6.45, 7) is 4.69. The molecule has 6 N–H and O–H groups in total. The van der Waals surface area contributed by atoms with E-state index in [4.69, 9.17) is 15.2 Å². The zero-order valence-electron chi connectivity index (χ0n) is 32.5. The van der Waals surface area contributed by atoms with Gasteiger partial charge in [0.15, 0.2) is 17.3 Å². The second-order valence-electron chi connectivity index (χ2n) is 14.4. The standard InChI is InChI=1S/C42H41N11O6/c1-23-14-28-19-44-31-18-35(34(58-4)17-29(31)42(57)53(28)20-23)59-13-5-6-37(54)49-36-22-52(3)39(50-36)41(56)46-27-16-33(51(2)21-27)40(55)45-26-10-7-24(8-11-26)38-47-30-12-9-25(43)15-32(30)48-38/h7-12,15-19,21-22,28H,1,5-6,13-14,20,43H2,2-4H3,(H,45,55)(H,46,56)(H,47,48)(H,49,54)/t28-/m0/s1. The molecule has 3 aromatic heterocycles. The normalized spacial score (nSPS) is 14.5.